The van der Waals surface area contributed by atoms with Crippen molar-refractivity contribution in [2.75, 3.05) is 4.90 Å². The van der Waals surface area contributed by atoms with Gasteiger partial charge in [-0.1, -0.05) is 12.1 Å². The van der Waals surface area contributed by atoms with Crippen LogP contribution in [-0.4, -0.2) is 27.3 Å². The van der Waals surface area contributed by atoms with E-state index in [2.05, 4.69) is 0 Å². The maximum atomic E-state index is 13.3. The molecule has 0 atom stereocenters. The molecule has 2 amide bonds. The fourth-order valence-electron chi connectivity index (χ4n) is 2.35. The molecule has 126 valence electrons. The van der Waals surface area contributed by atoms with Gasteiger partial charge in [-0.2, -0.15) is 4.39 Å². The Morgan fingerprint density at radius 2 is 1.76 bits per heavy atom. The molecule has 8 nitrogen and oxygen atoms in total. The number of imide groups is 1. The standard InChI is InChI=1S/C16H10FN3O5/c17-11-8-19(16(25)18-15(11)24)14(23)7-9-2-1-3-10(6-9)20-12(21)4-5-13(20)22/h1-6,8H,7H2,(H,18,24,25). The molecular formula is C16H10FN3O5. The minimum atomic E-state index is -1.26. The van der Waals surface area contributed by atoms with E-state index in [1.54, 1.807) is 11.1 Å². The first kappa shape index (κ1) is 16.2. The van der Waals surface area contributed by atoms with Gasteiger partial charge in [-0.3, -0.25) is 24.2 Å². The average Bonchev–Trinajstić information content (AvgIpc) is 2.90. The molecule has 2 heterocycles. The summed E-state index contributed by atoms with van der Waals surface area (Å²) in [4.78, 5) is 60.8. The number of hydrogen-bond acceptors (Lipinski definition) is 5. The molecule has 2 aromatic rings. The maximum absolute atomic E-state index is 13.3. The lowest BCUT2D eigenvalue weighted by Gasteiger charge is -2.14. The number of aromatic nitrogens is 2. The number of carbonyl (C=O) groups is 3. The third-order valence-corrected chi connectivity index (χ3v) is 3.50. The molecule has 1 aliphatic rings. The summed E-state index contributed by atoms with van der Waals surface area (Å²) in [6.07, 6.45) is 2.47. The van der Waals surface area contributed by atoms with E-state index >= 15 is 0 Å². The fraction of sp³-hybridized carbons (Fsp3) is 0.0625. The molecule has 0 aliphatic carbocycles. The maximum Gasteiger partial charge on any atom is 0.335 e. The minimum Gasteiger partial charge on any atom is -0.274 e. The number of amides is 2. The normalized spacial score (nSPS) is 13.6. The second-order valence-electron chi connectivity index (χ2n) is 5.19. The van der Waals surface area contributed by atoms with E-state index in [9.17, 15) is 28.4 Å². The summed E-state index contributed by atoms with van der Waals surface area (Å²) in [6, 6.07) is 6.04. The van der Waals surface area contributed by atoms with Gasteiger partial charge >= 0.3 is 5.69 Å². The highest BCUT2D eigenvalue weighted by Crippen LogP contribution is 2.20. The first-order valence-corrected chi connectivity index (χ1v) is 7.06. The van der Waals surface area contributed by atoms with E-state index in [0.29, 0.717) is 16.3 Å². The van der Waals surface area contributed by atoms with Crippen molar-refractivity contribution in [3.8, 4) is 0 Å². The number of nitrogens with one attached hydrogen (secondary N) is 1. The molecule has 1 aromatic heterocycles. The molecule has 0 bridgehead atoms. The largest absolute Gasteiger partial charge is 0.335 e. The molecule has 0 fully saturated rings. The third-order valence-electron chi connectivity index (χ3n) is 3.50. The quantitative estimate of drug-likeness (QED) is 0.788. The minimum absolute atomic E-state index is 0.269. The number of anilines is 1. The third kappa shape index (κ3) is 3.07. The van der Waals surface area contributed by atoms with Gasteiger partial charge in [0.25, 0.3) is 17.4 Å². The Morgan fingerprint density at radius 1 is 1.08 bits per heavy atom. The molecule has 9 heteroatoms. The van der Waals surface area contributed by atoms with Crippen LogP contribution in [0.2, 0.25) is 0 Å². The highest BCUT2D eigenvalue weighted by Gasteiger charge is 2.25. The summed E-state index contributed by atoms with van der Waals surface area (Å²) >= 11 is 0. The molecule has 0 radical (unpaired) electrons. The first-order chi connectivity index (χ1) is 11.9. The lowest BCUT2D eigenvalue weighted by Crippen LogP contribution is -2.35. The van der Waals surface area contributed by atoms with Crippen LogP contribution in [0.3, 0.4) is 0 Å². The molecule has 0 unspecified atom stereocenters. The van der Waals surface area contributed by atoms with Crippen molar-refractivity contribution in [3.63, 3.8) is 0 Å². The summed E-state index contributed by atoms with van der Waals surface area (Å²) in [7, 11) is 0. The number of benzene rings is 1. The van der Waals surface area contributed by atoms with Crippen LogP contribution in [0.25, 0.3) is 0 Å². The van der Waals surface area contributed by atoms with Gasteiger partial charge in [0, 0.05) is 12.2 Å². The summed E-state index contributed by atoms with van der Waals surface area (Å²) in [5, 5.41) is 0. The van der Waals surface area contributed by atoms with E-state index in [1.165, 1.54) is 18.2 Å². The van der Waals surface area contributed by atoms with Crippen molar-refractivity contribution in [1.82, 2.24) is 9.55 Å². The van der Waals surface area contributed by atoms with Crippen LogP contribution in [0, 0.1) is 5.82 Å². The average molecular weight is 343 g/mol. The van der Waals surface area contributed by atoms with E-state index in [-0.39, 0.29) is 12.1 Å². The van der Waals surface area contributed by atoms with Crippen LogP contribution in [0.15, 0.2) is 52.2 Å². The molecule has 3 rings (SSSR count). The van der Waals surface area contributed by atoms with Gasteiger partial charge in [0.2, 0.25) is 11.7 Å². The summed E-state index contributed by atoms with van der Waals surface area (Å²) in [5.74, 6) is -3.06. The lowest BCUT2D eigenvalue weighted by atomic mass is 10.1. The monoisotopic (exact) mass is 343 g/mol. The Hall–Kier alpha value is -3.62. The fourth-order valence-corrected chi connectivity index (χ4v) is 2.35. The van der Waals surface area contributed by atoms with E-state index in [1.807, 2.05) is 0 Å². The van der Waals surface area contributed by atoms with Gasteiger partial charge in [0.1, 0.15) is 0 Å². The number of aromatic amines is 1. The molecular weight excluding hydrogens is 333 g/mol. The molecule has 0 saturated heterocycles. The van der Waals surface area contributed by atoms with Gasteiger partial charge in [0.15, 0.2) is 0 Å². The van der Waals surface area contributed by atoms with Crippen molar-refractivity contribution in [2.24, 2.45) is 0 Å². The zero-order valence-corrected chi connectivity index (χ0v) is 12.6. The Labute approximate surface area is 138 Å². The highest BCUT2D eigenvalue weighted by atomic mass is 19.1. The molecule has 1 aliphatic heterocycles. The first-order valence-electron chi connectivity index (χ1n) is 7.06. The van der Waals surface area contributed by atoms with Crippen molar-refractivity contribution >= 4 is 23.4 Å². The number of rotatable bonds is 3. The van der Waals surface area contributed by atoms with Gasteiger partial charge < -0.3 is 0 Å². The predicted molar refractivity (Wildman–Crippen MR) is 83.7 cm³/mol. The predicted octanol–water partition coefficient (Wildman–Crippen LogP) is -0.0120. The smallest absolute Gasteiger partial charge is 0.274 e. The van der Waals surface area contributed by atoms with Crippen molar-refractivity contribution in [2.45, 2.75) is 6.42 Å². The van der Waals surface area contributed by atoms with Gasteiger partial charge in [-0.05, 0) is 17.7 Å². The summed E-state index contributed by atoms with van der Waals surface area (Å²) < 4.78 is 13.7. The van der Waals surface area contributed by atoms with Crippen molar-refractivity contribution in [1.29, 1.82) is 0 Å². The zero-order chi connectivity index (χ0) is 18.1. The van der Waals surface area contributed by atoms with Crippen LogP contribution >= 0.6 is 0 Å². The summed E-state index contributed by atoms with van der Waals surface area (Å²) in [5.41, 5.74) is -1.60. The van der Waals surface area contributed by atoms with Crippen molar-refractivity contribution < 1.29 is 18.8 Å². The number of halogens is 1. The van der Waals surface area contributed by atoms with Crippen LogP contribution in [0.5, 0.6) is 0 Å². The molecule has 25 heavy (non-hydrogen) atoms. The van der Waals surface area contributed by atoms with E-state index in [0.717, 1.165) is 17.1 Å². The second kappa shape index (κ2) is 6.11. The SMILES string of the molecule is O=C1C=CC(=O)N1c1cccc(CC(=O)n2cc(F)c(=O)[nH]c2=O)c1. The molecule has 1 aromatic carbocycles. The van der Waals surface area contributed by atoms with Crippen LogP contribution in [0.4, 0.5) is 10.1 Å². The van der Waals surface area contributed by atoms with E-state index in [4.69, 9.17) is 0 Å². The molecule has 0 spiro atoms. The van der Waals surface area contributed by atoms with Gasteiger partial charge in [-0.15, -0.1) is 0 Å². The van der Waals surface area contributed by atoms with Crippen LogP contribution < -0.4 is 16.1 Å². The molecule has 1 N–H and O–H groups in total. The Kier molecular flexibility index (Phi) is 3.97. The number of carbonyl (C=O) groups excluding carboxylic acids is 3. The Balaban J connectivity index is 1.88. The van der Waals surface area contributed by atoms with Crippen LogP contribution in [-0.2, 0) is 16.0 Å². The Morgan fingerprint density at radius 3 is 2.44 bits per heavy atom. The second-order valence-corrected chi connectivity index (χ2v) is 5.19. The summed E-state index contributed by atoms with van der Waals surface area (Å²) in [6.45, 7) is 0. The Bertz CT molecular complexity index is 1030. The zero-order valence-electron chi connectivity index (χ0n) is 12.6. The number of nitrogens with zero attached hydrogens (tertiary/aromatic N) is 2. The van der Waals surface area contributed by atoms with Gasteiger partial charge in [-0.25, -0.2) is 14.3 Å². The number of H-pyrrole nitrogens is 1. The van der Waals surface area contributed by atoms with Crippen molar-refractivity contribution in [3.05, 3.63) is 74.8 Å². The lowest BCUT2D eigenvalue weighted by molar-refractivity contribution is -0.119. The van der Waals surface area contributed by atoms with Gasteiger partial charge in [0.05, 0.1) is 18.3 Å². The highest BCUT2D eigenvalue weighted by molar-refractivity contribution is 6.28. The topological polar surface area (TPSA) is 109 Å². The molecule has 0 saturated carbocycles. The number of hydrogen-bond donors (Lipinski definition) is 1. The van der Waals surface area contributed by atoms with E-state index < -0.39 is 34.8 Å². The van der Waals surface area contributed by atoms with Crippen LogP contribution in [0.1, 0.15) is 10.4 Å².